The maximum absolute atomic E-state index is 12.2. The monoisotopic (exact) mass is 358 g/mol. The molecular weight excluding hydrogens is 336 g/mol. The fraction of sp³-hybridized carbons (Fsp3) is 0.316. The highest BCUT2D eigenvalue weighted by Gasteiger charge is 2.19. The fourth-order valence-electron chi connectivity index (χ4n) is 2.25. The average molecular weight is 358 g/mol. The van der Waals surface area contributed by atoms with Crippen LogP contribution in [0.2, 0.25) is 0 Å². The summed E-state index contributed by atoms with van der Waals surface area (Å²) in [4.78, 5) is 34.9. The second-order valence-corrected chi connectivity index (χ2v) is 6.13. The van der Waals surface area contributed by atoms with Gasteiger partial charge in [0.2, 0.25) is 5.91 Å². The van der Waals surface area contributed by atoms with Crippen molar-refractivity contribution in [3.63, 3.8) is 0 Å². The molecule has 1 aromatic carbocycles. The van der Waals surface area contributed by atoms with Crippen molar-refractivity contribution in [1.82, 2.24) is 5.32 Å². The van der Waals surface area contributed by atoms with E-state index in [9.17, 15) is 14.4 Å². The van der Waals surface area contributed by atoms with Crippen LogP contribution in [0.4, 0.5) is 5.69 Å². The Morgan fingerprint density at radius 1 is 1.15 bits per heavy atom. The Morgan fingerprint density at radius 3 is 2.31 bits per heavy atom. The summed E-state index contributed by atoms with van der Waals surface area (Å²) in [7, 11) is 0. The highest BCUT2D eigenvalue weighted by molar-refractivity contribution is 5.96. The Balaban J connectivity index is 1.97. The van der Waals surface area contributed by atoms with Crippen LogP contribution in [0.5, 0.6) is 0 Å². The van der Waals surface area contributed by atoms with Crippen molar-refractivity contribution in [3.8, 4) is 0 Å². The van der Waals surface area contributed by atoms with Gasteiger partial charge in [0, 0.05) is 30.6 Å². The molecule has 0 fully saturated rings. The van der Waals surface area contributed by atoms with E-state index in [2.05, 4.69) is 10.6 Å². The van der Waals surface area contributed by atoms with Crippen LogP contribution in [0.3, 0.4) is 0 Å². The van der Waals surface area contributed by atoms with Gasteiger partial charge >= 0.3 is 5.97 Å². The van der Waals surface area contributed by atoms with Crippen molar-refractivity contribution < 1.29 is 23.9 Å². The van der Waals surface area contributed by atoms with E-state index in [0.29, 0.717) is 12.1 Å². The number of carbonyl (C=O) groups excluding carboxylic acids is 2. The van der Waals surface area contributed by atoms with Gasteiger partial charge in [-0.15, -0.1) is 0 Å². The molecule has 0 saturated carbocycles. The van der Waals surface area contributed by atoms with Gasteiger partial charge in [-0.25, -0.2) is 4.79 Å². The number of nitrogens with one attached hydrogen (secondary N) is 2. The van der Waals surface area contributed by atoms with E-state index in [0.717, 1.165) is 5.56 Å². The topological polar surface area (TPSA) is 109 Å². The van der Waals surface area contributed by atoms with Crippen molar-refractivity contribution in [2.45, 2.75) is 33.7 Å². The molecule has 2 rings (SSSR count). The van der Waals surface area contributed by atoms with E-state index in [1.165, 1.54) is 6.07 Å². The van der Waals surface area contributed by atoms with Gasteiger partial charge in [0.15, 0.2) is 5.76 Å². The molecular formula is C19H22N2O5. The van der Waals surface area contributed by atoms with Gasteiger partial charge in [-0.3, -0.25) is 9.59 Å². The molecule has 0 unspecified atom stereocenters. The summed E-state index contributed by atoms with van der Waals surface area (Å²) in [5.41, 5.74) is 1.52. The van der Waals surface area contributed by atoms with Crippen molar-refractivity contribution in [2.75, 3.05) is 5.32 Å². The smallest absolute Gasteiger partial charge is 0.339 e. The summed E-state index contributed by atoms with van der Waals surface area (Å²) >= 11 is 0. The maximum atomic E-state index is 12.2. The number of carboxylic acids is 1. The second-order valence-electron chi connectivity index (χ2n) is 6.13. The lowest BCUT2D eigenvalue weighted by Crippen LogP contribution is -2.22. The number of furan rings is 1. The van der Waals surface area contributed by atoms with Gasteiger partial charge in [-0.2, -0.15) is 0 Å². The first-order valence-electron chi connectivity index (χ1n) is 8.35. The second kappa shape index (κ2) is 8.33. The fourth-order valence-corrected chi connectivity index (χ4v) is 2.25. The van der Waals surface area contributed by atoms with Gasteiger partial charge in [0.25, 0.3) is 5.91 Å². The standard InChI is InChI=1S/C19H22N2O5/c1-4-15-14(19(24)25)9-16(26-15)18(23)20-10-12-5-7-13(8-6-12)21-17(22)11(2)3/h5-9,11H,4,10H2,1-3H3,(H,20,23)(H,21,22)(H,24,25). The molecule has 3 N–H and O–H groups in total. The first-order chi connectivity index (χ1) is 12.3. The lowest BCUT2D eigenvalue weighted by Gasteiger charge is -2.09. The predicted octanol–water partition coefficient (Wildman–Crippen LogP) is 3.06. The maximum Gasteiger partial charge on any atom is 0.339 e. The van der Waals surface area contributed by atoms with Crippen LogP contribution in [0.15, 0.2) is 34.7 Å². The summed E-state index contributed by atoms with van der Waals surface area (Å²) in [6.45, 7) is 5.63. The van der Waals surface area contributed by atoms with Crippen molar-refractivity contribution in [3.05, 3.63) is 53.0 Å². The van der Waals surface area contributed by atoms with E-state index in [1.807, 2.05) is 13.8 Å². The molecule has 7 heteroatoms. The molecule has 0 bridgehead atoms. The van der Waals surface area contributed by atoms with Crippen LogP contribution in [0.25, 0.3) is 0 Å². The van der Waals surface area contributed by atoms with E-state index >= 15 is 0 Å². The molecule has 0 saturated heterocycles. The summed E-state index contributed by atoms with van der Waals surface area (Å²) in [6, 6.07) is 8.33. The molecule has 0 aliphatic rings. The van der Waals surface area contributed by atoms with Crippen molar-refractivity contribution >= 4 is 23.5 Å². The minimum Gasteiger partial charge on any atom is -0.478 e. The highest BCUT2D eigenvalue weighted by atomic mass is 16.4. The number of hydrogen-bond acceptors (Lipinski definition) is 4. The lowest BCUT2D eigenvalue weighted by atomic mass is 10.1. The zero-order valence-corrected chi connectivity index (χ0v) is 15.0. The minimum atomic E-state index is -1.12. The molecule has 1 aromatic heterocycles. The molecule has 138 valence electrons. The number of benzene rings is 1. The Bertz CT molecular complexity index is 806. The van der Waals surface area contributed by atoms with Gasteiger partial charge in [0.05, 0.1) is 0 Å². The van der Waals surface area contributed by atoms with Gasteiger partial charge in [-0.1, -0.05) is 32.9 Å². The number of amides is 2. The molecule has 7 nitrogen and oxygen atoms in total. The number of hydrogen-bond donors (Lipinski definition) is 3. The summed E-state index contributed by atoms with van der Waals surface area (Å²) in [5, 5.41) is 14.6. The number of aromatic carboxylic acids is 1. The molecule has 2 aromatic rings. The number of anilines is 1. The van der Waals surface area contributed by atoms with Crippen LogP contribution >= 0.6 is 0 Å². The Hall–Kier alpha value is -3.09. The largest absolute Gasteiger partial charge is 0.478 e. The molecule has 0 spiro atoms. The first kappa shape index (κ1) is 19.2. The lowest BCUT2D eigenvalue weighted by molar-refractivity contribution is -0.118. The Morgan fingerprint density at radius 2 is 1.81 bits per heavy atom. The quantitative estimate of drug-likeness (QED) is 0.705. The normalized spacial score (nSPS) is 10.6. The average Bonchev–Trinajstić information content (AvgIpc) is 3.05. The number of aryl methyl sites for hydroxylation is 1. The number of rotatable bonds is 7. The molecule has 0 atom stereocenters. The van der Waals surface area contributed by atoms with Crippen LogP contribution in [0.1, 0.15) is 53.0 Å². The summed E-state index contributed by atoms with van der Waals surface area (Å²) < 4.78 is 5.32. The minimum absolute atomic E-state index is 0.00268. The third-order valence-corrected chi connectivity index (χ3v) is 3.78. The predicted molar refractivity (Wildman–Crippen MR) is 96.1 cm³/mol. The summed E-state index contributed by atoms with van der Waals surface area (Å²) in [6.07, 6.45) is 0.387. The SMILES string of the molecule is CCc1oc(C(=O)NCc2ccc(NC(=O)C(C)C)cc2)cc1C(=O)O. The zero-order chi connectivity index (χ0) is 19.3. The van der Waals surface area contributed by atoms with E-state index in [-0.39, 0.29) is 35.5 Å². The van der Waals surface area contributed by atoms with Crippen LogP contribution in [-0.2, 0) is 17.8 Å². The zero-order valence-electron chi connectivity index (χ0n) is 15.0. The molecule has 0 aliphatic carbocycles. The third kappa shape index (κ3) is 4.72. The van der Waals surface area contributed by atoms with Gasteiger partial charge < -0.3 is 20.2 Å². The molecule has 26 heavy (non-hydrogen) atoms. The molecule has 2 amide bonds. The third-order valence-electron chi connectivity index (χ3n) is 3.78. The Labute approximate surface area is 151 Å². The van der Waals surface area contributed by atoms with Crippen molar-refractivity contribution in [1.29, 1.82) is 0 Å². The number of carboxylic acid groups (broad SMARTS) is 1. The van der Waals surface area contributed by atoms with Crippen LogP contribution in [0, 0.1) is 5.92 Å². The van der Waals surface area contributed by atoms with Gasteiger partial charge in [-0.05, 0) is 17.7 Å². The van der Waals surface area contributed by atoms with Gasteiger partial charge in [0.1, 0.15) is 11.3 Å². The summed E-state index contributed by atoms with van der Waals surface area (Å²) in [5.74, 6) is -1.53. The van der Waals surface area contributed by atoms with E-state index in [4.69, 9.17) is 9.52 Å². The van der Waals surface area contributed by atoms with E-state index < -0.39 is 11.9 Å². The Kier molecular flexibility index (Phi) is 6.16. The van der Waals surface area contributed by atoms with Crippen molar-refractivity contribution in [2.24, 2.45) is 5.92 Å². The van der Waals surface area contributed by atoms with Crippen LogP contribution in [-0.4, -0.2) is 22.9 Å². The first-order valence-corrected chi connectivity index (χ1v) is 8.35. The van der Waals surface area contributed by atoms with E-state index in [1.54, 1.807) is 31.2 Å². The molecule has 0 aliphatic heterocycles. The molecule has 1 heterocycles. The molecule has 0 radical (unpaired) electrons. The number of carbonyl (C=O) groups is 3. The highest BCUT2D eigenvalue weighted by Crippen LogP contribution is 2.17. The van der Waals surface area contributed by atoms with Crippen LogP contribution < -0.4 is 10.6 Å².